The van der Waals surface area contributed by atoms with Gasteiger partial charge in [0.25, 0.3) is 0 Å². The van der Waals surface area contributed by atoms with Gasteiger partial charge >= 0.3 is 0 Å². The van der Waals surface area contributed by atoms with Crippen molar-refractivity contribution in [3.05, 3.63) is 12.4 Å². The van der Waals surface area contributed by atoms with E-state index in [0.29, 0.717) is 5.92 Å². The van der Waals surface area contributed by atoms with Crippen LogP contribution in [-0.4, -0.2) is 60.1 Å². The molecule has 1 unspecified atom stereocenters. The van der Waals surface area contributed by atoms with Gasteiger partial charge in [-0.25, -0.2) is 9.97 Å². The maximum absolute atomic E-state index is 11.8. The molecule has 1 aromatic rings. The van der Waals surface area contributed by atoms with Crippen molar-refractivity contribution in [3.8, 4) is 0 Å². The van der Waals surface area contributed by atoms with Crippen LogP contribution in [0.4, 0.5) is 11.6 Å². The molecule has 0 radical (unpaired) electrons. The van der Waals surface area contributed by atoms with E-state index in [1.165, 1.54) is 11.5 Å². The van der Waals surface area contributed by atoms with Gasteiger partial charge in [0.1, 0.15) is 18.0 Å². The molecule has 3 rings (SSSR count). The minimum Gasteiger partial charge on any atom is -0.356 e. The Balaban J connectivity index is 1.60. The molecule has 7 heteroatoms. The number of hydrogen-bond acceptors (Lipinski definition) is 6. The summed E-state index contributed by atoms with van der Waals surface area (Å²) >= 11 is 2.01. The summed E-state index contributed by atoms with van der Waals surface area (Å²) in [5.41, 5.74) is 0. The molecule has 3 heterocycles. The van der Waals surface area contributed by atoms with Crippen LogP contribution in [-0.2, 0) is 4.79 Å². The Kier molecular flexibility index (Phi) is 6.39. The van der Waals surface area contributed by atoms with E-state index < -0.39 is 0 Å². The average molecular weight is 364 g/mol. The standard InChI is InChI=1S/C18H29N5OS/c1-14(2)18(24)19-11-15-4-3-5-23(12-15)17-10-16(20-13-21-17)22-6-8-25-9-7-22/h10,13-15H,3-9,11-12H2,1-2H3,(H,19,24). The van der Waals surface area contributed by atoms with E-state index in [1.54, 1.807) is 6.33 Å². The summed E-state index contributed by atoms with van der Waals surface area (Å²) in [6, 6.07) is 2.13. The smallest absolute Gasteiger partial charge is 0.222 e. The lowest BCUT2D eigenvalue weighted by atomic mass is 9.97. The summed E-state index contributed by atoms with van der Waals surface area (Å²) < 4.78 is 0. The largest absolute Gasteiger partial charge is 0.356 e. The highest BCUT2D eigenvalue weighted by Crippen LogP contribution is 2.25. The molecular weight excluding hydrogens is 334 g/mol. The topological polar surface area (TPSA) is 61.4 Å². The zero-order valence-corrected chi connectivity index (χ0v) is 16.1. The predicted molar refractivity (Wildman–Crippen MR) is 104 cm³/mol. The van der Waals surface area contributed by atoms with Crippen molar-refractivity contribution in [2.24, 2.45) is 11.8 Å². The fourth-order valence-electron chi connectivity index (χ4n) is 3.36. The molecule has 138 valence electrons. The van der Waals surface area contributed by atoms with E-state index in [-0.39, 0.29) is 11.8 Å². The number of nitrogens with one attached hydrogen (secondary N) is 1. The van der Waals surface area contributed by atoms with Gasteiger partial charge in [-0.3, -0.25) is 4.79 Å². The molecule has 6 nitrogen and oxygen atoms in total. The van der Waals surface area contributed by atoms with Crippen LogP contribution in [0.3, 0.4) is 0 Å². The maximum Gasteiger partial charge on any atom is 0.222 e. The van der Waals surface area contributed by atoms with Gasteiger partial charge in [0.05, 0.1) is 0 Å². The number of nitrogens with zero attached hydrogens (tertiary/aromatic N) is 4. The third-order valence-corrected chi connectivity index (χ3v) is 5.85. The number of piperidine rings is 1. The summed E-state index contributed by atoms with van der Waals surface area (Å²) in [5.74, 6) is 5.07. The molecule has 1 amide bonds. The van der Waals surface area contributed by atoms with Gasteiger partial charge in [-0.05, 0) is 18.8 Å². The van der Waals surface area contributed by atoms with Gasteiger partial charge < -0.3 is 15.1 Å². The number of anilines is 2. The van der Waals surface area contributed by atoms with Gasteiger partial charge in [-0.2, -0.15) is 11.8 Å². The summed E-state index contributed by atoms with van der Waals surface area (Å²) in [6.07, 6.45) is 3.99. The number of carbonyl (C=O) groups excluding carboxylic acids is 1. The van der Waals surface area contributed by atoms with Crippen molar-refractivity contribution in [2.45, 2.75) is 26.7 Å². The SMILES string of the molecule is CC(C)C(=O)NCC1CCCN(c2cc(N3CCSCC3)ncn2)C1. The third-order valence-electron chi connectivity index (χ3n) is 4.91. The van der Waals surface area contributed by atoms with E-state index in [9.17, 15) is 4.79 Å². The molecule has 1 aromatic heterocycles. The Labute approximate surface area is 154 Å². The van der Waals surface area contributed by atoms with Crippen molar-refractivity contribution < 1.29 is 4.79 Å². The molecule has 25 heavy (non-hydrogen) atoms. The van der Waals surface area contributed by atoms with E-state index in [1.807, 2.05) is 25.6 Å². The maximum atomic E-state index is 11.8. The van der Waals surface area contributed by atoms with E-state index in [0.717, 1.165) is 57.2 Å². The van der Waals surface area contributed by atoms with Crippen molar-refractivity contribution in [2.75, 3.05) is 54.0 Å². The van der Waals surface area contributed by atoms with Crippen molar-refractivity contribution in [1.29, 1.82) is 0 Å². The number of amides is 1. The molecule has 0 saturated carbocycles. The van der Waals surface area contributed by atoms with Crippen LogP contribution < -0.4 is 15.1 Å². The summed E-state index contributed by atoms with van der Waals surface area (Å²) in [7, 11) is 0. The highest BCUT2D eigenvalue weighted by molar-refractivity contribution is 7.99. The van der Waals surface area contributed by atoms with Gasteiger partial charge in [0.15, 0.2) is 0 Å². The molecule has 2 fully saturated rings. The molecule has 0 aliphatic carbocycles. The summed E-state index contributed by atoms with van der Waals surface area (Å²) in [4.78, 5) is 25.5. The van der Waals surface area contributed by atoms with E-state index in [2.05, 4.69) is 31.2 Å². The second kappa shape index (κ2) is 8.74. The summed E-state index contributed by atoms with van der Waals surface area (Å²) in [5, 5.41) is 3.08. The minimum atomic E-state index is 0.0480. The van der Waals surface area contributed by atoms with Crippen LogP contribution in [0.5, 0.6) is 0 Å². The van der Waals surface area contributed by atoms with Gasteiger partial charge in [-0.15, -0.1) is 0 Å². The second-order valence-corrected chi connectivity index (χ2v) is 8.41. The van der Waals surface area contributed by atoms with Gasteiger partial charge in [0.2, 0.25) is 5.91 Å². The number of thioether (sulfide) groups is 1. The minimum absolute atomic E-state index is 0.0480. The Hall–Kier alpha value is -1.50. The van der Waals surface area contributed by atoms with Crippen LogP contribution in [0.25, 0.3) is 0 Å². The first-order valence-corrected chi connectivity index (χ1v) is 10.5. The van der Waals surface area contributed by atoms with Crippen LogP contribution in [0.2, 0.25) is 0 Å². The Morgan fingerprint density at radius 2 is 1.96 bits per heavy atom. The molecular formula is C18H29N5OS. The van der Waals surface area contributed by atoms with Gasteiger partial charge in [0, 0.05) is 56.2 Å². The molecule has 0 spiro atoms. The molecule has 2 aliphatic heterocycles. The fraction of sp³-hybridized carbons (Fsp3) is 0.722. The van der Waals surface area contributed by atoms with Gasteiger partial charge in [-0.1, -0.05) is 13.8 Å². The quantitative estimate of drug-likeness (QED) is 0.864. The lowest BCUT2D eigenvalue weighted by molar-refractivity contribution is -0.124. The predicted octanol–water partition coefficient (Wildman–Crippen LogP) is 2.02. The van der Waals surface area contributed by atoms with Crippen molar-refractivity contribution >= 4 is 29.3 Å². The van der Waals surface area contributed by atoms with Crippen molar-refractivity contribution in [3.63, 3.8) is 0 Å². The average Bonchev–Trinajstić information content (AvgIpc) is 2.67. The number of rotatable bonds is 5. The fourth-order valence-corrected chi connectivity index (χ4v) is 4.27. The lowest BCUT2D eigenvalue weighted by Gasteiger charge is -2.34. The summed E-state index contributed by atoms with van der Waals surface area (Å²) in [6.45, 7) is 8.73. The number of hydrogen-bond donors (Lipinski definition) is 1. The van der Waals surface area contributed by atoms with Crippen LogP contribution in [0.15, 0.2) is 12.4 Å². The zero-order chi connectivity index (χ0) is 17.6. The second-order valence-electron chi connectivity index (χ2n) is 7.19. The van der Waals surface area contributed by atoms with E-state index >= 15 is 0 Å². The lowest BCUT2D eigenvalue weighted by Crippen LogP contribution is -2.42. The zero-order valence-electron chi connectivity index (χ0n) is 15.3. The number of carbonyl (C=O) groups is 1. The Morgan fingerprint density at radius 3 is 2.68 bits per heavy atom. The number of aromatic nitrogens is 2. The van der Waals surface area contributed by atoms with E-state index in [4.69, 9.17) is 0 Å². The van der Waals surface area contributed by atoms with Crippen LogP contribution >= 0.6 is 11.8 Å². The molecule has 1 N–H and O–H groups in total. The first-order valence-electron chi connectivity index (χ1n) is 9.31. The monoisotopic (exact) mass is 363 g/mol. The first-order chi connectivity index (χ1) is 12.1. The molecule has 0 aromatic carbocycles. The highest BCUT2D eigenvalue weighted by atomic mass is 32.2. The Bertz CT molecular complexity index is 576. The molecule has 1 atom stereocenters. The van der Waals surface area contributed by atoms with Crippen molar-refractivity contribution in [1.82, 2.24) is 15.3 Å². The molecule has 2 aliphatic rings. The first kappa shape index (κ1) is 18.3. The van der Waals surface area contributed by atoms with Crippen LogP contribution in [0, 0.1) is 11.8 Å². The third kappa shape index (κ3) is 5.00. The highest BCUT2D eigenvalue weighted by Gasteiger charge is 2.23. The van der Waals surface area contributed by atoms with Crippen LogP contribution in [0.1, 0.15) is 26.7 Å². The molecule has 2 saturated heterocycles. The normalized spacial score (nSPS) is 21.5. The molecule has 0 bridgehead atoms. The Morgan fingerprint density at radius 1 is 1.24 bits per heavy atom.